The summed E-state index contributed by atoms with van der Waals surface area (Å²) in [5, 5.41) is 17.9. The van der Waals surface area contributed by atoms with E-state index in [4.69, 9.17) is 10.2 Å². The molecule has 13 heavy (non-hydrogen) atoms. The molecule has 0 unspecified atom stereocenters. The van der Waals surface area contributed by atoms with Crippen LogP contribution in [-0.4, -0.2) is 23.4 Å². The minimum absolute atomic E-state index is 0.405. The molecule has 0 aromatic carbocycles. The average Bonchev–Trinajstić information content (AvgIpc) is 2.95. The van der Waals surface area contributed by atoms with Crippen molar-refractivity contribution >= 4 is 0 Å². The Hall–Kier alpha value is -0.0800. The van der Waals surface area contributed by atoms with Crippen LogP contribution in [0.3, 0.4) is 0 Å². The van der Waals surface area contributed by atoms with Crippen molar-refractivity contribution in [3.63, 3.8) is 0 Å². The predicted molar refractivity (Wildman–Crippen MR) is 49.0 cm³/mol. The van der Waals surface area contributed by atoms with Crippen LogP contribution in [0.5, 0.6) is 0 Å². The molecule has 2 nitrogen and oxygen atoms in total. The van der Waals surface area contributed by atoms with Crippen molar-refractivity contribution in [1.82, 2.24) is 0 Å². The first-order chi connectivity index (χ1) is 6.35. The van der Waals surface area contributed by atoms with E-state index in [0.29, 0.717) is 25.0 Å². The normalized spacial score (nSPS) is 57.7. The fourth-order valence-electron chi connectivity index (χ4n) is 3.23. The zero-order valence-electron chi connectivity index (χ0n) is 7.89. The van der Waals surface area contributed by atoms with Gasteiger partial charge in [0.2, 0.25) is 0 Å². The maximum absolute atomic E-state index is 8.95. The van der Waals surface area contributed by atoms with Gasteiger partial charge < -0.3 is 10.2 Å². The molecule has 0 radical (unpaired) electrons. The van der Waals surface area contributed by atoms with Gasteiger partial charge in [-0.15, -0.1) is 0 Å². The highest BCUT2D eigenvalue weighted by Gasteiger charge is 2.59. The van der Waals surface area contributed by atoms with Crippen LogP contribution in [0.4, 0.5) is 0 Å². The second-order valence-corrected chi connectivity index (χ2v) is 5.25. The molecule has 0 bridgehead atoms. The van der Waals surface area contributed by atoms with E-state index >= 15 is 0 Å². The summed E-state index contributed by atoms with van der Waals surface area (Å²) in [7, 11) is 0. The van der Waals surface area contributed by atoms with Gasteiger partial charge in [-0.3, -0.25) is 0 Å². The van der Waals surface area contributed by atoms with Gasteiger partial charge >= 0.3 is 0 Å². The molecule has 6 atom stereocenters. The van der Waals surface area contributed by atoms with Crippen LogP contribution in [0.1, 0.15) is 19.3 Å². The maximum atomic E-state index is 8.95. The first kappa shape index (κ1) is 8.25. The Morgan fingerprint density at radius 2 is 1.15 bits per heavy atom. The summed E-state index contributed by atoms with van der Waals surface area (Å²) in [5.74, 6) is 4.85. The van der Waals surface area contributed by atoms with E-state index in [-0.39, 0.29) is 0 Å². The second kappa shape index (κ2) is 2.71. The minimum atomic E-state index is 0.405. The smallest absolute Gasteiger partial charge is 0.0462 e. The lowest BCUT2D eigenvalue weighted by atomic mass is 10.1. The summed E-state index contributed by atoms with van der Waals surface area (Å²) in [6.07, 6.45) is 3.94. The van der Waals surface area contributed by atoms with Crippen molar-refractivity contribution in [2.75, 3.05) is 13.2 Å². The molecule has 0 saturated heterocycles. The topological polar surface area (TPSA) is 40.5 Å². The molecule has 0 heterocycles. The lowest BCUT2D eigenvalue weighted by Gasteiger charge is -1.96. The van der Waals surface area contributed by atoms with Crippen molar-refractivity contribution in [2.24, 2.45) is 35.5 Å². The lowest BCUT2D eigenvalue weighted by molar-refractivity contribution is 0.259. The third kappa shape index (κ3) is 1.31. The van der Waals surface area contributed by atoms with Crippen molar-refractivity contribution in [2.45, 2.75) is 19.3 Å². The largest absolute Gasteiger partial charge is 0.396 e. The average molecular weight is 182 g/mol. The molecule has 3 aliphatic rings. The van der Waals surface area contributed by atoms with Crippen molar-refractivity contribution < 1.29 is 10.2 Å². The summed E-state index contributed by atoms with van der Waals surface area (Å²) in [4.78, 5) is 0. The van der Waals surface area contributed by atoms with Gasteiger partial charge in [-0.2, -0.15) is 0 Å². The molecule has 0 aromatic heterocycles. The predicted octanol–water partition coefficient (Wildman–Crippen LogP) is 0.879. The van der Waals surface area contributed by atoms with E-state index in [1.807, 2.05) is 0 Å². The van der Waals surface area contributed by atoms with E-state index in [1.165, 1.54) is 19.3 Å². The van der Waals surface area contributed by atoms with Gasteiger partial charge in [0.05, 0.1) is 0 Å². The van der Waals surface area contributed by atoms with Crippen molar-refractivity contribution in [3.05, 3.63) is 0 Å². The molecule has 3 saturated carbocycles. The van der Waals surface area contributed by atoms with Crippen molar-refractivity contribution in [1.29, 1.82) is 0 Å². The minimum Gasteiger partial charge on any atom is -0.396 e. The molecular weight excluding hydrogens is 164 g/mol. The van der Waals surface area contributed by atoms with Gasteiger partial charge in [-0.25, -0.2) is 0 Å². The molecule has 0 spiro atoms. The molecule has 0 aliphatic heterocycles. The zero-order chi connectivity index (χ0) is 9.00. The Balaban J connectivity index is 1.47. The molecule has 0 amide bonds. The highest BCUT2D eigenvalue weighted by Crippen LogP contribution is 2.65. The van der Waals surface area contributed by atoms with Crippen molar-refractivity contribution in [3.8, 4) is 0 Å². The van der Waals surface area contributed by atoms with E-state index in [2.05, 4.69) is 0 Å². The van der Waals surface area contributed by atoms with Gasteiger partial charge in [0.25, 0.3) is 0 Å². The standard InChI is InChI=1S/C11H18O2/c12-4-6-1-8(6)10-3-11(10)9-2-7(9)5-13/h6-13H,1-5H2/t6-,7-,8+,9+,10-,11-/m1/s1. The van der Waals surface area contributed by atoms with Crippen LogP contribution in [0.25, 0.3) is 0 Å². The fraction of sp³-hybridized carbons (Fsp3) is 1.00. The van der Waals surface area contributed by atoms with E-state index in [0.717, 1.165) is 23.7 Å². The SMILES string of the molecule is OC[C@H]1C[C@@H]1[C@H]1C[C@@H]1[C@H]1C[C@@H]1CO. The third-order valence-corrected chi connectivity index (χ3v) is 4.41. The molecule has 74 valence electrons. The Bertz CT molecular complexity index is 194. The number of hydrogen-bond donors (Lipinski definition) is 2. The summed E-state index contributed by atoms with van der Waals surface area (Å²) < 4.78 is 0. The Morgan fingerprint density at radius 3 is 1.46 bits per heavy atom. The van der Waals surface area contributed by atoms with E-state index < -0.39 is 0 Å². The van der Waals surface area contributed by atoms with Gasteiger partial charge in [-0.05, 0) is 54.8 Å². The Labute approximate surface area is 79.0 Å². The van der Waals surface area contributed by atoms with Gasteiger partial charge in [0.15, 0.2) is 0 Å². The van der Waals surface area contributed by atoms with Gasteiger partial charge in [-0.1, -0.05) is 0 Å². The number of aliphatic hydroxyl groups excluding tert-OH is 2. The molecule has 3 rings (SSSR count). The molecule has 3 aliphatic carbocycles. The summed E-state index contributed by atoms with van der Waals surface area (Å²) in [6, 6.07) is 0. The molecule has 2 heteroatoms. The maximum Gasteiger partial charge on any atom is 0.0462 e. The lowest BCUT2D eigenvalue weighted by Crippen LogP contribution is -1.96. The second-order valence-electron chi connectivity index (χ2n) is 5.25. The van der Waals surface area contributed by atoms with E-state index in [1.54, 1.807) is 0 Å². The molecular formula is C11H18O2. The first-order valence-electron chi connectivity index (χ1n) is 5.57. The first-order valence-corrected chi connectivity index (χ1v) is 5.57. The molecule has 0 aromatic rings. The fourth-order valence-corrected chi connectivity index (χ4v) is 3.23. The van der Waals surface area contributed by atoms with Gasteiger partial charge in [0, 0.05) is 13.2 Å². The quantitative estimate of drug-likeness (QED) is 0.677. The van der Waals surface area contributed by atoms with Crippen LogP contribution < -0.4 is 0 Å². The highest BCUT2D eigenvalue weighted by atomic mass is 16.3. The van der Waals surface area contributed by atoms with Crippen LogP contribution in [-0.2, 0) is 0 Å². The number of aliphatic hydroxyl groups is 2. The van der Waals surface area contributed by atoms with Crippen LogP contribution in [0.15, 0.2) is 0 Å². The molecule has 3 fully saturated rings. The summed E-state index contributed by atoms with van der Waals surface area (Å²) >= 11 is 0. The number of rotatable bonds is 4. The van der Waals surface area contributed by atoms with E-state index in [9.17, 15) is 0 Å². The summed E-state index contributed by atoms with van der Waals surface area (Å²) in [6.45, 7) is 0.809. The Morgan fingerprint density at radius 1 is 0.692 bits per heavy atom. The van der Waals surface area contributed by atoms with Gasteiger partial charge in [0.1, 0.15) is 0 Å². The zero-order valence-corrected chi connectivity index (χ0v) is 7.89. The van der Waals surface area contributed by atoms with Crippen LogP contribution in [0.2, 0.25) is 0 Å². The van der Waals surface area contributed by atoms with Crippen LogP contribution in [0, 0.1) is 35.5 Å². The summed E-state index contributed by atoms with van der Waals surface area (Å²) in [5.41, 5.74) is 0. The Kier molecular flexibility index (Phi) is 1.72. The molecule has 2 N–H and O–H groups in total. The monoisotopic (exact) mass is 182 g/mol. The third-order valence-electron chi connectivity index (χ3n) is 4.41. The number of hydrogen-bond acceptors (Lipinski definition) is 2. The van der Waals surface area contributed by atoms with Crippen LogP contribution >= 0.6 is 0 Å². The highest BCUT2D eigenvalue weighted by molar-refractivity contribution is 5.08.